The van der Waals surface area contributed by atoms with Crippen LogP contribution in [0.1, 0.15) is 11.7 Å². The summed E-state index contributed by atoms with van der Waals surface area (Å²) in [6.45, 7) is 5.26. The molecule has 2 aromatic heterocycles. The molecule has 0 N–H and O–H groups in total. The van der Waals surface area contributed by atoms with Gasteiger partial charge in [0.1, 0.15) is 0 Å². The fraction of sp³-hybridized carbons (Fsp3) is 0.615. The Hall–Kier alpha value is -1.51. The topological polar surface area (TPSA) is 67.5 Å². The molecule has 7 nitrogen and oxygen atoms in total. The Morgan fingerprint density at radius 2 is 2.19 bits per heavy atom. The van der Waals surface area contributed by atoms with E-state index in [1.807, 2.05) is 11.6 Å². The zero-order valence-corrected chi connectivity index (χ0v) is 12.9. The molecular formula is C13H19N5O2S. The quantitative estimate of drug-likeness (QED) is 0.789. The van der Waals surface area contributed by atoms with Gasteiger partial charge in [-0.15, -0.1) is 11.3 Å². The van der Waals surface area contributed by atoms with E-state index in [1.165, 1.54) is 0 Å². The van der Waals surface area contributed by atoms with Crippen LogP contribution in [0.15, 0.2) is 16.1 Å². The van der Waals surface area contributed by atoms with Crippen molar-refractivity contribution in [1.29, 1.82) is 0 Å². The second-order valence-electron chi connectivity index (χ2n) is 4.93. The van der Waals surface area contributed by atoms with Crippen molar-refractivity contribution < 1.29 is 9.26 Å². The Morgan fingerprint density at radius 1 is 1.33 bits per heavy atom. The van der Waals surface area contributed by atoms with Crippen LogP contribution in [0.4, 0.5) is 5.13 Å². The maximum atomic E-state index is 5.28. The molecule has 0 radical (unpaired) electrons. The predicted molar refractivity (Wildman–Crippen MR) is 79.5 cm³/mol. The number of ether oxygens (including phenoxy) is 1. The lowest BCUT2D eigenvalue weighted by Crippen LogP contribution is -2.46. The highest BCUT2D eigenvalue weighted by atomic mass is 32.1. The Labute approximate surface area is 127 Å². The summed E-state index contributed by atoms with van der Waals surface area (Å²) in [4.78, 5) is 13.4. The fourth-order valence-corrected chi connectivity index (χ4v) is 3.01. The van der Waals surface area contributed by atoms with Crippen LogP contribution in [-0.2, 0) is 17.7 Å². The summed E-state index contributed by atoms with van der Waals surface area (Å²) in [7, 11) is 1.67. The highest BCUT2D eigenvalue weighted by Gasteiger charge is 2.20. The molecule has 1 aliphatic rings. The molecule has 0 amide bonds. The summed E-state index contributed by atoms with van der Waals surface area (Å²) >= 11 is 1.69. The zero-order valence-electron chi connectivity index (χ0n) is 12.1. The van der Waals surface area contributed by atoms with Gasteiger partial charge in [0, 0.05) is 51.3 Å². The van der Waals surface area contributed by atoms with E-state index in [9.17, 15) is 0 Å². The van der Waals surface area contributed by atoms with Gasteiger partial charge in [-0.25, -0.2) is 4.98 Å². The van der Waals surface area contributed by atoms with Gasteiger partial charge in [-0.1, -0.05) is 5.16 Å². The Kier molecular flexibility index (Phi) is 4.79. The number of hydrogen-bond acceptors (Lipinski definition) is 8. The van der Waals surface area contributed by atoms with Crippen molar-refractivity contribution in [3.8, 4) is 0 Å². The molecule has 0 atom stereocenters. The summed E-state index contributed by atoms with van der Waals surface area (Å²) in [5.74, 6) is 1.40. The average Bonchev–Trinajstić information content (AvgIpc) is 3.17. The summed E-state index contributed by atoms with van der Waals surface area (Å²) < 4.78 is 10.3. The van der Waals surface area contributed by atoms with E-state index in [0.717, 1.165) is 31.3 Å². The van der Waals surface area contributed by atoms with Crippen molar-refractivity contribution in [1.82, 2.24) is 20.0 Å². The molecule has 0 spiro atoms. The van der Waals surface area contributed by atoms with Gasteiger partial charge in [-0.3, -0.25) is 4.90 Å². The monoisotopic (exact) mass is 309 g/mol. The van der Waals surface area contributed by atoms with Gasteiger partial charge in [0.05, 0.1) is 13.2 Å². The Balaban J connectivity index is 1.47. The molecule has 3 heterocycles. The summed E-state index contributed by atoms with van der Waals surface area (Å²) in [5, 5.41) is 7.08. The molecule has 2 aromatic rings. The van der Waals surface area contributed by atoms with Crippen LogP contribution in [0, 0.1) is 0 Å². The van der Waals surface area contributed by atoms with Crippen molar-refractivity contribution >= 4 is 16.5 Å². The summed E-state index contributed by atoms with van der Waals surface area (Å²) in [5.41, 5.74) is 0. The molecule has 0 unspecified atom stereocenters. The smallest absolute Gasteiger partial charge is 0.240 e. The van der Waals surface area contributed by atoms with E-state index in [-0.39, 0.29) is 0 Å². The normalized spacial score (nSPS) is 16.5. The first kappa shape index (κ1) is 14.4. The predicted octanol–water partition coefficient (Wildman–Crippen LogP) is 1.04. The number of aromatic nitrogens is 3. The van der Waals surface area contributed by atoms with E-state index in [4.69, 9.17) is 9.26 Å². The number of thiazole rings is 1. The molecule has 0 aromatic carbocycles. The number of anilines is 1. The second-order valence-corrected chi connectivity index (χ2v) is 5.80. The SMILES string of the molecule is COCCc1noc(CN2CCN(c3nccs3)CC2)n1. The molecule has 21 heavy (non-hydrogen) atoms. The van der Waals surface area contributed by atoms with Crippen molar-refractivity contribution in [3.63, 3.8) is 0 Å². The van der Waals surface area contributed by atoms with Crippen LogP contribution in [-0.4, -0.2) is 59.9 Å². The Bertz CT molecular complexity index is 537. The van der Waals surface area contributed by atoms with Gasteiger partial charge in [-0.05, 0) is 0 Å². The molecule has 114 valence electrons. The van der Waals surface area contributed by atoms with Crippen molar-refractivity contribution in [2.75, 3.05) is 44.8 Å². The van der Waals surface area contributed by atoms with Gasteiger partial charge in [0.15, 0.2) is 11.0 Å². The lowest BCUT2D eigenvalue weighted by molar-refractivity contribution is 0.199. The molecular weight excluding hydrogens is 290 g/mol. The molecule has 0 bridgehead atoms. The van der Waals surface area contributed by atoms with Crippen LogP contribution < -0.4 is 4.90 Å². The standard InChI is InChI=1S/C13H19N5O2S/c1-19-8-2-11-15-12(20-16-11)10-17-4-6-18(7-5-17)13-14-3-9-21-13/h3,9H,2,4-8,10H2,1H3. The highest BCUT2D eigenvalue weighted by molar-refractivity contribution is 7.13. The van der Waals surface area contributed by atoms with Crippen molar-refractivity contribution in [2.24, 2.45) is 0 Å². The van der Waals surface area contributed by atoms with Gasteiger partial charge in [0.2, 0.25) is 5.89 Å². The number of piperazine rings is 1. The van der Waals surface area contributed by atoms with Crippen LogP contribution in [0.2, 0.25) is 0 Å². The second kappa shape index (κ2) is 6.97. The van der Waals surface area contributed by atoms with Crippen LogP contribution in [0.25, 0.3) is 0 Å². The third-order valence-corrected chi connectivity index (χ3v) is 4.29. The number of nitrogens with zero attached hydrogens (tertiary/aromatic N) is 5. The number of rotatable bonds is 6. The molecule has 1 fully saturated rings. The number of methoxy groups -OCH3 is 1. The minimum Gasteiger partial charge on any atom is -0.384 e. The third-order valence-electron chi connectivity index (χ3n) is 3.46. The van der Waals surface area contributed by atoms with E-state index in [0.29, 0.717) is 31.3 Å². The fourth-order valence-electron chi connectivity index (χ4n) is 2.31. The van der Waals surface area contributed by atoms with Gasteiger partial charge in [-0.2, -0.15) is 4.98 Å². The van der Waals surface area contributed by atoms with E-state index >= 15 is 0 Å². The first-order valence-corrected chi connectivity index (χ1v) is 7.90. The molecule has 0 aliphatic carbocycles. The van der Waals surface area contributed by atoms with Crippen LogP contribution in [0.3, 0.4) is 0 Å². The molecule has 1 aliphatic heterocycles. The van der Waals surface area contributed by atoms with Gasteiger partial charge >= 0.3 is 0 Å². The van der Waals surface area contributed by atoms with Gasteiger partial charge in [0.25, 0.3) is 0 Å². The zero-order chi connectivity index (χ0) is 14.5. The van der Waals surface area contributed by atoms with Crippen LogP contribution in [0.5, 0.6) is 0 Å². The molecule has 0 saturated carbocycles. The molecule has 8 heteroatoms. The number of hydrogen-bond donors (Lipinski definition) is 0. The van der Waals surface area contributed by atoms with E-state index in [2.05, 4.69) is 24.9 Å². The average molecular weight is 309 g/mol. The van der Waals surface area contributed by atoms with E-state index < -0.39 is 0 Å². The minimum absolute atomic E-state index is 0.617. The largest absolute Gasteiger partial charge is 0.384 e. The molecule has 1 saturated heterocycles. The lowest BCUT2D eigenvalue weighted by atomic mass is 10.3. The highest BCUT2D eigenvalue weighted by Crippen LogP contribution is 2.19. The first-order chi connectivity index (χ1) is 10.3. The molecule has 3 rings (SSSR count). The maximum Gasteiger partial charge on any atom is 0.240 e. The van der Waals surface area contributed by atoms with Crippen LogP contribution >= 0.6 is 11.3 Å². The summed E-state index contributed by atoms with van der Waals surface area (Å²) in [6.07, 6.45) is 2.55. The third kappa shape index (κ3) is 3.78. The van der Waals surface area contributed by atoms with E-state index in [1.54, 1.807) is 18.4 Å². The Morgan fingerprint density at radius 3 is 2.90 bits per heavy atom. The van der Waals surface area contributed by atoms with Gasteiger partial charge < -0.3 is 14.2 Å². The van der Waals surface area contributed by atoms with Crippen molar-refractivity contribution in [2.45, 2.75) is 13.0 Å². The first-order valence-electron chi connectivity index (χ1n) is 7.02. The van der Waals surface area contributed by atoms with Crippen molar-refractivity contribution in [3.05, 3.63) is 23.3 Å². The maximum absolute atomic E-state index is 5.28. The lowest BCUT2D eigenvalue weighted by Gasteiger charge is -2.33. The minimum atomic E-state index is 0.617. The summed E-state index contributed by atoms with van der Waals surface area (Å²) in [6, 6.07) is 0.